The van der Waals surface area contributed by atoms with Crippen LogP contribution in [0.1, 0.15) is 24.5 Å². The van der Waals surface area contributed by atoms with Gasteiger partial charge in [-0.15, -0.1) is 0 Å². The fourth-order valence-corrected chi connectivity index (χ4v) is 3.04. The van der Waals surface area contributed by atoms with Gasteiger partial charge in [0.25, 0.3) is 0 Å². The average Bonchev–Trinajstić information content (AvgIpc) is 2.89. The predicted octanol–water partition coefficient (Wildman–Crippen LogP) is 2.34. The van der Waals surface area contributed by atoms with Crippen molar-refractivity contribution in [3.05, 3.63) is 29.3 Å². The molecule has 21 heavy (non-hydrogen) atoms. The summed E-state index contributed by atoms with van der Waals surface area (Å²) in [6.45, 7) is 7.74. The first-order valence-electron chi connectivity index (χ1n) is 7.77. The molecule has 1 aromatic rings. The highest BCUT2D eigenvalue weighted by molar-refractivity contribution is 5.55. The standard InChI is InChI=1S/C17H28N2O2/c1-13-11-15(12-18-8-10-20-4)5-6-16(13)19(3)17-7-9-21-14(17)2/h5-6,11,14,17-18H,7-10,12H2,1-4H3. The lowest BCUT2D eigenvalue weighted by atomic mass is 10.1. The number of ether oxygens (including phenoxy) is 2. The molecular weight excluding hydrogens is 264 g/mol. The van der Waals surface area contributed by atoms with Crippen molar-refractivity contribution in [2.24, 2.45) is 0 Å². The predicted molar refractivity (Wildman–Crippen MR) is 87.0 cm³/mol. The highest BCUT2D eigenvalue weighted by atomic mass is 16.5. The molecule has 0 radical (unpaired) electrons. The number of nitrogens with one attached hydrogen (secondary N) is 1. The Bertz CT molecular complexity index is 450. The van der Waals surface area contributed by atoms with Gasteiger partial charge >= 0.3 is 0 Å². The molecule has 4 heteroatoms. The van der Waals surface area contributed by atoms with Gasteiger partial charge in [-0.25, -0.2) is 0 Å². The van der Waals surface area contributed by atoms with Crippen LogP contribution in [0.2, 0.25) is 0 Å². The summed E-state index contributed by atoms with van der Waals surface area (Å²) < 4.78 is 10.7. The molecule has 0 aromatic heterocycles. The molecular formula is C17H28N2O2. The molecule has 2 atom stereocenters. The lowest BCUT2D eigenvalue weighted by molar-refractivity contribution is 0.118. The molecule has 0 bridgehead atoms. The first-order chi connectivity index (χ1) is 10.1. The van der Waals surface area contributed by atoms with Crippen molar-refractivity contribution in [1.82, 2.24) is 5.32 Å². The summed E-state index contributed by atoms with van der Waals surface area (Å²) in [6.07, 6.45) is 1.42. The SMILES string of the molecule is COCCNCc1ccc(N(C)C2CCOC2C)c(C)c1. The van der Waals surface area contributed by atoms with Crippen LogP contribution in [0, 0.1) is 6.92 Å². The minimum Gasteiger partial charge on any atom is -0.383 e. The summed E-state index contributed by atoms with van der Waals surface area (Å²) in [6, 6.07) is 7.19. The smallest absolute Gasteiger partial charge is 0.0750 e. The summed E-state index contributed by atoms with van der Waals surface area (Å²) in [4.78, 5) is 2.37. The van der Waals surface area contributed by atoms with Crippen molar-refractivity contribution in [3.63, 3.8) is 0 Å². The van der Waals surface area contributed by atoms with Crippen LogP contribution in [-0.4, -0.2) is 46.1 Å². The largest absolute Gasteiger partial charge is 0.383 e. The van der Waals surface area contributed by atoms with Crippen LogP contribution in [-0.2, 0) is 16.0 Å². The van der Waals surface area contributed by atoms with E-state index in [0.717, 1.165) is 32.7 Å². The zero-order chi connectivity index (χ0) is 15.2. The molecule has 4 nitrogen and oxygen atoms in total. The normalized spacial score (nSPS) is 21.7. The van der Waals surface area contributed by atoms with Crippen LogP contribution in [0.5, 0.6) is 0 Å². The van der Waals surface area contributed by atoms with Gasteiger partial charge in [0.2, 0.25) is 0 Å². The molecule has 0 amide bonds. The van der Waals surface area contributed by atoms with Crippen LogP contribution >= 0.6 is 0 Å². The summed E-state index contributed by atoms with van der Waals surface area (Å²) in [5, 5.41) is 3.38. The van der Waals surface area contributed by atoms with E-state index in [2.05, 4.69) is 49.3 Å². The van der Waals surface area contributed by atoms with E-state index in [9.17, 15) is 0 Å². The summed E-state index contributed by atoms with van der Waals surface area (Å²) in [7, 11) is 3.90. The van der Waals surface area contributed by atoms with Crippen molar-refractivity contribution in [2.45, 2.75) is 39.0 Å². The van der Waals surface area contributed by atoms with E-state index in [0.29, 0.717) is 12.1 Å². The molecule has 0 aliphatic carbocycles. The third-order valence-corrected chi connectivity index (χ3v) is 4.29. The third kappa shape index (κ3) is 4.19. The van der Waals surface area contributed by atoms with Crippen LogP contribution in [0.4, 0.5) is 5.69 Å². The van der Waals surface area contributed by atoms with Crippen molar-refractivity contribution in [3.8, 4) is 0 Å². The molecule has 1 saturated heterocycles. The molecule has 2 rings (SSSR count). The van der Waals surface area contributed by atoms with E-state index >= 15 is 0 Å². The fraction of sp³-hybridized carbons (Fsp3) is 0.647. The first-order valence-corrected chi connectivity index (χ1v) is 7.77. The van der Waals surface area contributed by atoms with Crippen LogP contribution in [0.15, 0.2) is 18.2 Å². The van der Waals surface area contributed by atoms with E-state index in [1.165, 1.54) is 16.8 Å². The van der Waals surface area contributed by atoms with E-state index in [1.54, 1.807) is 7.11 Å². The number of nitrogens with zero attached hydrogens (tertiary/aromatic N) is 1. The highest BCUT2D eigenvalue weighted by Crippen LogP contribution is 2.27. The van der Waals surface area contributed by atoms with Gasteiger partial charge in [-0.05, 0) is 37.5 Å². The first kappa shape index (κ1) is 16.3. The van der Waals surface area contributed by atoms with Gasteiger partial charge in [0, 0.05) is 39.5 Å². The Balaban J connectivity index is 1.98. The summed E-state index contributed by atoms with van der Waals surface area (Å²) in [5.41, 5.74) is 3.94. The number of anilines is 1. The summed E-state index contributed by atoms with van der Waals surface area (Å²) in [5.74, 6) is 0. The molecule has 1 aliphatic rings. The Kier molecular flexibility index (Phi) is 6.03. The Morgan fingerprint density at radius 3 is 2.86 bits per heavy atom. The lowest BCUT2D eigenvalue weighted by Gasteiger charge is -2.30. The zero-order valence-corrected chi connectivity index (χ0v) is 13.7. The monoisotopic (exact) mass is 292 g/mol. The lowest BCUT2D eigenvalue weighted by Crippen LogP contribution is -2.37. The topological polar surface area (TPSA) is 33.7 Å². The second-order valence-electron chi connectivity index (χ2n) is 5.83. The van der Waals surface area contributed by atoms with Gasteiger partial charge < -0.3 is 19.7 Å². The quantitative estimate of drug-likeness (QED) is 0.782. The van der Waals surface area contributed by atoms with Gasteiger partial charge in [0.1, 0.15) is 0 Å². The molecule has 1 aliphatic heterocycles. The molecule has 2 unspecified atom stereocenters. The number of aryl methyl sites for hydroxylation is 1. The third-order valence-electron chi connectivity index (χ3n) is 4.29. The molecule has 118 valence electrons. The summed E-state index contributed by atoms with van der Waals surface area (Å²) >= 11 is 0. The van der Waals surface area contributed by atoms with Crippen LogP contribution in [0.3, 0.4) is 0 Å². The van der Waals surface area contributed by atoms with E-state index in [4.69, 9.17) is 9.47 Å². The second kappa shape index (κ2) is 7.78. The molecule has 1 N–H and O–H groups in total. The number of hydrogen-bond donors (Lipinski definition) is 1. The number of methoxy groups -OCH3 is 1. The molecule has 1 heterocycles. The van der Waals surface area contributed by atoms with Crippen molar-refractivity contribution in [1.29, 1.82) is 0 Å². The number of benzene rings is 1. The van der Waals surface area contributed by atoms with Crippen LogP contribution in [0.25, 0.3) is 0 Å². The van der Waals surface area contributed by atoms with E-state index < -0.39 is 0 Å². The molecule has 1 aromatic carbocycles. The zero-order valence-electron chi connectivity index (χ0n) is 13.7. The highest BCUT2D eigenvalue weighted by Gasteiger charge is 2.28. The van der Waals surface area contributed by atoms with Gasteiger partial charge in [-0.1, -0.05) is 12.1 Å². The van der Waals surface area contributed by atoms with Gasteiger partial charge in [0.15, 0.2) is 0 Å². The maximum absolute atomic E-state index is 5.68. The number of likely N-dealkylation sites (N-methyl/N-ethyl adjacent to an activating group) is 1. The van der Waals surface area contributed by atoms with Crippen molar-refractivity contribution < 1.29 is 9.47 Å². The molecule has 0 spiro atoms. The number of rotatable bonds is 7. The number of hydrogen-bond acceptors (Lipinski definition) is 4. The van der Waals surface area contributed by atoms with Gasteiger partial charge in [-0.2, -0.15) is 0 Å². The average molecular weight is 292 g/mol. The maximum Gasteiger partial charge on any atom is 0.0750 e. The maximum atomic E-state index is 5.68. The van der Waals surface area contributed by atoms with Gasteiger partial charge in [0.05, 0.1) is 18.8 Å². The van der Waals surface area contributed by atoms with Crippen molar-refractivity contribution >= 4 is 5.69 Å². The second-order valence-corrected chi connectivity index (χ2v) is 5.83. The minimum absolute atomic E-state index is 0.310. The van der Waals surface area contributed by atoms with Crippen LogP contribution < -0.4 is 10.2 Å². The molecule has 0 saturated carbocycles. The van der Waals surface area contributed by atoms with E-state index in [-0.39, 0.29) is 0 Å². The fourth-order valence-electron chi connectivity index (χ4n) is 3.04. The molecule has 1 fully saturated rings. The Morgan fingerprint density at radius 1 is 1.43 bits per heavy atom. The van der Waals surface area contributed by atoms with E-state index in [1.807, 2.05) is 0 Å². The van der Waals surface area contributed by atoms with Crippen molar-refractivity contribution in [2.75, 3.05) is 38.8 Å². The Labute approximate surface area is 128 Å². The Morgan fingerprint density at radius 2 is 2.24 bits per heavy atom. The van der Waals surface area contributed by atoms with Gasteiger partial charge in [-0.3, -0.25) is 0 Å². The Hall–Kier alpha value is -1.10. The minimum atomic E-state index is 0.310.